The van der Waals surface area contributed by atoms with Gasteiger partial charge in [0, 0.05) is 11.6 Å². The largest absolute Gasteiger partial charge is 0.453 e. The molecule has 0 aliphatic rings. The van der Waals surface area contributed by atoms with Crippen molar-refractivity contribution in [1.82, 2.24) is 4.98 Å². The zero-order chi connectivity index (χ0) is 19.3. The SMILES string of the molecule is O=C(/C=C/c1ccc(C(F)(F)F)cc1)OCc1ncc(-c2ccccc2)o1. The first-order valence-corrected chi connectivity index (χ1v) is 7.94. The quantitative estimate of drug-likeness (QED) is 0.460. The fourth-order valence-corrected chi connectivity index (χ4v) is 2.24. The summed E-state index contributed by atoms with van der Waals surface area (Å²) in [4.78, 5) is 15.8. The van der Waals surface area contributed by atoms with Crippen molar-refractivity contribution in [3.63, 3.8) is 0 Å². The number of esters is 1. The second kappa shape index (κ2) is 7.90. The molecule has 7 heteroatoms. The Morgan fingerprint density at radius 3 is 2.44 bits per heavy atom. The maximum absolute atomic E-state index is 12.5. The number of carbonyl (C=O) groups excluding carboxylic acids is 1. The van der Waals surface area contributed by atoms with Crippen molar-refractivity contribution in [2.24, 2.45) is 0 Å². The summed E-state index contributed by atoms with van der Waals surface area (Å²) < 4.78 is 48.0. The van der Waals surface area contributed by atoms with Crippen molar-refractivity contribution in [2.45, 2.75) is 12.8 Å². The second-order valence-corrected chi connectivity index (χ2v) is 5.55. The minimum atomic E-state index is -4.39. The summed E-state index contributed by atoms with van der Waals surface area (Å²) >= 11 is 0. The molecule has 0 aliphatic heterocycles. The number of carbonyl (C=O) groups is 1. The number of halogens is 3. The van der Waals surface area contributed by atoms with Crippen molar-refractivity contribution in [3.8, 4) is 11.3 Å². The molecule has 0 spiro atoms. The summed E-state index contributed by atoms with van der Waals surface area (Å²) in [5, 5.41) is 0. The molecule has 4 nitrogen and oxygen atoms in total. The molecule has 1 aromatic heterocycles. The number of hydrogen-bond acceptors (Lipinski definition) is 4. The van der Waals surface area contributed by atoms with Crippen LogP contribution in [0.5, 0.6) is 0 Å². The van der Waals surface area contributed by atoms with Crippen LogP contribution in [0.15, 0.2) is 71.3 Å². The molecule has 0 saturated heterocycles. The van der Waals surface area contributed by atoms with Gasteiger partial charge in [0.1, 0.15) is 0 Å². The summed E-state index contributed by atoms with van der Waals surface area (Å²) in [6, 6.07) is 13.8. The summed E-state index contributed by atoms with van der Waals surface area (Å²) in [6.07, 6.45) is -0.358. The van der Waals surface area contributed by atoms with Crippen LogP contribution in [0.4, 0.5) is 13.2 Å². The van der Waals surface area contributed by atoms with E-state index in [0.717, 1.165) is 23.8 Å². The first-order chi connectivity index (χ1) is 12.9. The average Bonchev–Trinajstić information content (AvgIpc) is 3.14. The highest BCUT2D eigenvalue weighted by atomic mass is 19.4. The molecule has 2 aromatic carbocycles. The van der Waals surface area contributed by atoms with Gasteiger partial charge in [-0.25, -0.2) is 9.78 Å². The molecular weight excluding hydrogens is 359 g/mol. The number of rotatable bonds is 5. The average molecular weight is 373 g/mol. The van der Waals surface area contributed by atoms with Crippen LogP contribution in [0.3, 0.4) is 0 Å². The van der Waals surface area contributed by atoms with E-state index < -0.39 is 17.7 Å². The second-order valence-electron chi connectivity index (χ2n) is 5.55. The number of nitrogens with zero attached hydrogens (tertiary/aromatic N) is 1. The Morgan fingerprint density at radius 2 is 1.78 bits per heavy atom. The zero-order valence-corrected chi connectivity index (χ0v) is 13.9. The van der Waals surface area contributed by atoms with Crippen LogP contribution < -0.4 is 0 Å². The van der Waals surface area contributed by atoms with Gasteiger partial charge >= 0.3 is 12.1 Å². The molecule has 0 fully saturated rings. The summed E-state index contributed by atoms with van der Waals surface area (Å²) in [5.41, 5.74) is 0.549. The van der Waals surface area contributed by atoms with Crippen LogP contribution in [0.25, 0.3) is 17.4 Å². The van der Waals surface area contributed by atoms with Gasteiger partial charge in [-0.3, -0.25) is 0 Å². The Hall–Kier alpha value is -3.35. The van der Waals surface area contributed by atoms with E-state index in [1.165, 1.54) is 24.4 Å². The van der Waals surface area contributed by atoms with Gasteiger partial charge in [-0.15, -0.1) is 0 Å². The molecule has 3 rings (SSSR count). The highest BCUT2D eigenvalue weighted by Crippen LogP contribution is 2.29. The Bertz CT molecular complexity index is 929. The van der Waals surface area contributed by atoms with Gasteiger partial charge in [0.25, 0.3) is 0 Å². The number of aromatic nitrogens is 1. The highest BCUT2D eigenvalue weighted by Gasteiger charge is 2.29. The van der Waals surface area contributed by atoms with Crippen molar-refractivity contribution in [3.05, 3.63) is 83.9 Å². The Balaban J connectivity index is 1.54. The zero-order valence-electron chi connectivity index (χ0n) is 13.9. The van der Waals surface area contributed by atoms with E-state index >= 15 is 0 Å². The van der Waals surface area contributed by atoms with Gasteiger partial charge in [-0.1, -0.05) is 42.5 Å². The topological polar surface area (TPSA) is 52.3 Å². The normalized spacial score (nSPS) is 11.7. The molecule has 27 heavy (non-hydrogen) atoms. The van der Waals surface area contributed by atoms with Crippen LogP contribution in [0.1, 0.15) is 17.0 Å². The minimum absolute atomic E-state index is 0.150. The standard InChI is InChI=1S/C20H14F3NO3/c21-20(22,23)16-9-6-14(7-10-16)8-11-19(25)26-13-18-24-12-17(27-18)15-4-2-1-3-5-15/h1-12H,13H2/b11-8+. The summed E-state index contributed by atoms with van der Waals surface area (Å²) in [7, 11) is 0. The van der Waals surface area contributed by atoms with Crippen LogP contribution in [-0.4, -0.2) is 11.0 Å². The van der Waals surface area contributed by atoms with Crippen molar-refractivity contribution < 1.29 is 27.1 Å². The molecule has 0 aliphatic carbocycles. The molecule has 0 amide bonds. The maximum atomic E-state index is 12.5. The van der Waals surface area contributed by atoms with Gasteiger partial charge in [0.05, 0.1) is 11.8 Å². The van der Waals surface area contributed by atoms with E-state index in [-0.39, 0.29) is 12.5 Å². The lowest BCUT2D eigenvalue weighted by Crippen LogP contribution is -2.04. The van der Waals surface area contributed by atoms with Crippen molar-refractivity contribution in [1.29, 1.82) is 0 Å². The highest BCUT2D eigenvalue weighted by molar-refractivity contribution is 5.87. The fourth-order valence-electron chi connectivity index (χ4n) is 2.24. The van der Waals surface area contributed by atoms with E-state index in [4.69, 9.17) is 9.15 Å². The molecule has 0 saturated carbocycles. The lowest BCUT2D eigenvalue weighted by Gasteiger charge is -2.05. The molecular formula is C20H14F3NO3. The number of alkyl halides is 3. The Labute approximate surface area is 152 Å². The lowest BCUT2D eigenvalue weighted by molar-refractivity contribution is -0.139. The minimum Gasteiger partial charge on any atom is -0.453 e. The third kappa shape index (κ3) is 5.07. The molecule has 0 atom stereocenters. The van der Waals surface area contributed by atoms with E-state index in [9.17, 15) is 18.0 Å². The molecule has 3 aromatic rings. The number of benzene rings is 2. The van der Waals surface area contributed by atoms with Gasteiger partial charge in [-0.05, 0) is 23.8 Å². The fraction of sp³-hybridized carbons (Fsp3) is 0.100. The molecule has 1 heterocycles. The van der Waals surface area contributed by atoms with Crippen LogP contribution in [0.2, 0.25) is 0 Å². The maximum Gasteiger partial charge on any atom is 0.416 e. The number of ether oxygens (including phenoxy) is 1. The van der Waals surface area contributed by atoms with Gasteiger partial charge in [0.15, 0.2) is 12.4 Å². The number of oxazole rings is 1. The molecule has 0 N–H and O–H groups in total. The van der Waals surface area contributed by atoms with Gasteiger partial charge in [0.2, 0.25) is 5.89 Å². The molecule has 0 radical (unpaired) electrons. The first kappa shape index (κ1) is 18.4. The van der Waals surface area contributed by atoms with Gasteiger partial charge in [-0.2, -0.15) is 13.2 Å². The lowest BCUT2D eigenvalue weighted by atomic mass is 10.1. The number of hydrogen-bond donors (Lipinski definition) is 0. The van der Waals surface area contributed by atoms with Crippen molar-refractivity contribution >= 4 is 12.0 Å². The summed E-state index contributed by atoms with van der Waals surface area (Å²) in [5.74, 6) is 0.140. The van der Waals surface area contributed by atoms with Crippen LogP contribution in [-0.2, 0) is 22.3 Å². The van der Waals surface area contributed by atoms with Gasteiger partial charge < -0.3 is 9.15 Å². The van der Waals surface area contributed by atoms with E-state index in [1.54, 1.807) is 0 Å². The monoisotopic (exact) mass is 373 g/mol. The van der Waals surface area contributed by atoms with E-state index in [1.807, 2.05) is 30.3 Å². The molecule has 0 bridgehead atoms. The van der Waals surface area contributed by atoms with Crippen LogP contribution in [0, 0.1) is 0 Å². The smallest absolute Gasteiger partial charge is 0.416 e. The third-order valence-electron chi connectivity index (χ3n) is 3.60. The van der Waals surface area contributed by atoms with Crippen LogP contribution >= 0.6 is 0 Å². The third-order valence-corrected chi connectivity index (χ3v) is 3.60. The van der Waals surface area contributed by atoms with E-state index in [2.05, 4.69) is 4.98 Å². The molecule has 0 unspecified atom stereocenters. The Kier molecular flexibility index (Phi) is 5.40. The predicted octanol–water partition coefficient (Wildman–Crippen LogP) is 5.12. The Morgan fingerprint density at radius 1 is 1.07 bits per heavy atom. The summed E-state index contributed by atoms with van der Waals surface area (Å²) in [6.45, 7) is -0.150. The van der Waals surface area contributed by atoms with E-state index in [0.29, 0.717) is 11.3 Å². The first-order valence-electron chi connectivity index (χ1n) is 7.94. The molecule has 138 valence electrons. The predicted molar refractivity (Wildman–Crippen MR) is 92.2 cm³/mol. The van der Waals surface area contributed by atoms with Crippen molar-refractivity contribution in [2.75, 3.05) is 0 Å².